The maximum absolute atomic E-state index is 13.9. The lowest BCUT2D eigenvalue weighted by Crippen LogP contribution is -2.54. The van der Waals surface area contributed by atoms with Crippen molar-refractivity contribution in [1.29, 1.82) is 0 Å². The third-order valence-corrected chi connectivity index (χ3v) is 7.09. The standard InChI is InChI=1S/C28H34N4O2/c33-28(31-18-17-29-20-24(31)16-19-34-25-14-8-3-9-15-25)26-27(22-10-4-1-5-11-22)32(21-30-26)23-12-6-2-7-13-23/h1,3-5,8-11,14-15,21,23-24,29H,2,6-7,12-13,16-20H2/t24-/m1/s1. The Balaban J connectivity index is 1.38. The first kappa shape index (κ1) is 22.7. The highest BCUT2D eigenvalue weighted by molar-refractivity contribution is 5.98. The van der Waals surface area contributed by atoms with E-state index in [2.05, 4.69) is 22.0 Å². The Morgan fingerprint density at radius 3 is 2.50 bits per heavy atom. The van der Waals surface area contributed by atoms with Crippen molar-refractivity contribution < 1.29 is 9.53 Å². The Morgan fingerprint density at radius 2 is 1.74 bits per heavy atom. The molecule has 2 heterocycles. The number of nitrogens with zero attached hydrogens (tertiary/aromatic N) is 3. The van der Waals surface area contributed by atoms with Gasteiger partial charge in [0.25, 0.3) is 5.91 Å². The van der Waals surface area contributed by atoms with Crippen molar-refractivity contribution >= 4 is 5.91 Å². The molecule has 0 radical (unpaired) electrons. The summed E-state index contributed by atoms with van der Waals surface area (Å²) in [6, 6.07) is 20.6. The maximum Gasteiger partial charge on any atom is 0.275 e. The van der Waals surface area contributed by atoms with E-state index in [0.717, 1.165) is 49.4 Å². The molecule has 1 atom stereocenters. The van der Waals surface area contributed by atoms with E-state index in [0.29, 0.717) is 24.9 Å². The van der Waals surface area contributed by atoms with Crippen LogP contribution in [-0.2, 0) is 0 Å². The molecule has 2 fully saturated rings. The van der Waals surface area contributed by atoms with Gasteiger partial charge in [-0.05, 0) is 25.0 Å². The molecule has 1 amide bonds. The molecule has 1 saturated carbocycles. The van der Waals surface area contributed by atoms with Crippen LogP contribution in [0.2, 0.25) is 0 Å². The predicted octanol–water partition coefficient (Wildman–Crippen LogP) is 4.94. The summed E-state index contributed by atoms with van der Waals surface area (Å²) in [5.74, 6) is 0.890. The highest BCUT2D eigenvalue weighted by Gasteiger charge is 2.32. The first-order chi connectivity index (χ1) is 16.8. The second kappa shape index (κ2) is 10.9. The van der Waals surface area contributed by atoms with Crippen LogP contribution in [0.1, 0.15) is 55.1 Å². The Kier molecular flexibility index (Phi) is 7.25. The van der Waals surface area contributed by atoms with Gasteiger partial charge in [-0.2, -0.15) is 0 Å². The number of ether oxygens (including phenoxy) is 1. The summed E-state index contributed by atoms with van der Waals surface area (Å²) in [6.07, 6.45) is 8.75. The number of nitrogens with one attached hydrogen (secondary N) is 1. The molecular weight excluding hydrogens is 424 g/mol. The van der Waals surface area contributed by atoms with E-state index in [-0.39, 0.29) is 11.9 Å². The van der Waals surface area contributed by atoms with E-state index in [4.69, 9.17) is 9.72 Å². The van der Waals surface area contributed by atoms with Crippen LogP contribution in [0.3, 0.4) is 0 Å². The zero-order chi connectivity index (χ0) is 23.2. The van der Waals surface area contributed by atoms with Crippen molar-refractivity contribution in [2.75, 3.05) is 26.2 Å². The predicted molar refractivity (Wildman–Crippen MR) is 134 cm³/mol. The van der Waals surface area contributed by atoms with Crippen LogP contribution in [0, 0.1) is 0 Å². The number of hydrogen-bond acceptors (Lipinski definition) is 4. The van der Waals surface area contributed by atoms with Gasteiger partial charge in [0, 0.05) is 43.7 Å². The normalized spacial score (nSPS) is 19.2. The lowest BCUT2D eigenvalue weighted by atomic mass is 9.94. The molecular formula is C28H34N4O2. The van der Waals surface area contributed by atoms with E-state index in [9.17, 15) is 4.79 Å². The molecule has 3 aromatic rings. The number of piperazine rings is 1. The van der Waals surface area contributed by atoms with Crippen molar-refractivity contribution in [1.82, 2.24) is 19.8 Å². The smallest absolute Gasteiger partial charge is 0.275 e. The third-order valence-electron chi connectivity index (χ3n) is 7.09. The van der Waals surface area contributed by atoms with E-state index < -0.39 is 0 Å². The van der Waals surface area contributed by atoms with Crippen molar-refractivity contribution in [3.63, 3.8) is 0 Å². The van der Waals surface area contributed by atoms with Crippen LogP contribution in [0.4, 0.5) is 0 Å². The molecule has 1 aliphatic carbocycles. The molecule has 6 heteroatoms. The first-order valence-corrected chi connectivity index (χ1v) is 12.6. The van der Waals surface area contributed by atoms with Gasteiger partial charge in [-0.15, -0.1) is 0 Å². The summed E-state index contributed by atoms with van der Waals surface area (Å²) >= 11 is 0. The van der Waals surface area contributed by atoms with E-state index >= 15 is 0 Å². The number of aromatic nitrogens is 2. The molecule has 1 aliphatic heterocycles. The molecule has 6 nitrogen and oxygen atoms in total. The van der Waals surface area contributed by atoms with Gasteiger partial charge in [0.05, 0.1) is 18.6 Å². The number of amides is 1. The molecule has 178 valence electrons. The number of imidazole rings is 1. The van der Waals surface area contributed by atoms with Crippen molar-refractivity contribution in [2.45, 2.75) is 50.6 Å². The van der Waals surface area contributed by atoms with Crippen LogP contribution in [0.15, 0.2) is 67.0 Å². The second-order valence-electron chi connectivity index (χ2n) is 9.31. The first-order valence-electron chi connectivity index (χ1n) is 12.6. The van der Waals surface area contributed by atoms with E-state index in [1.165, 1.54) is 19.3 Å². The zero-order valence-electron chi connectivity index (χ0n) is 19.7. The van der Waals surface area contributed by atoms with Gasteiger partial charge in [0.15, 0.2) is 5.69 Å². The molecule has 0 unspecified atom stereocenters. The summed E-state index contributed by atoms with van der Waals surface area (Å²) in [7, 11) is 0. The number of rotatable bonds is 7. The lowest BCUT2D eigenvalue weighted by Gasteiger charge is -2.36. The summed E-state index contributed by atoms with van der Waals surface area (Å²) in [6.45, 7) is 2.82. The van der Waals surface area contributed by atoms with Gasteiger partial charge in [0.1, 0.15) is 5.75 Å². The minimum atomic E-state index is 0.0274. The van der Waals surface area contributed by atoms with Gasteiger partial charge >= 0.3 is 0 Å². The number of benzene rings is 2. The second-order valence-corrected chi connectivity index (χ2v) is 9.31. The lowest BCUT2D eigenvalue weighted by molar-refractivity contribution is 0.0601. The minimum Gasteiger partial charge on any atom is -0.494 e. The Labute approximate surface area is 202 Å². The number of para-hydroxylation sites is 1. The quantitative estimate of drug-likeness (QED) is 0.545. The van der Waals surface area contributed by atoms with Crippen LogP contribution in [-0.4, -0.2) is 52.6 Å². The average Bonchev–Trinajstić information content (AvgIpc) is 3.35. The monoisotopic (exact) mass is 458 g/mol. The van der Waals surface area contributed by atoms with Crippen LogP contribution >= 0.6 is 0 Å². The van der Waals surface area contributed by atoms with Crippen molar-refractivity contribution in [3.05, 3.63) is 72.7 Å². The number of hydrogen-bond donors (Lipinski definition) is 1. The van der Waals surface area contributed by atoms with E-state index in [1.54, 1.807) is 0 Å². The Hall–Kier alpha value is -3.12. The molecule has 0 spiro atoms. The van der Waals surface area contributed by atoms with Gasteiger partial charge in [-0.3, -0.25) is 4.79 Å². The Bertz CT molecular complexity index is 1060. The summed E-state index contributed by atoms with van der Waals surface area (Å²) in [5, 5.41) is 3.45. The van der Waals surface area contributed by atoms with Crippen LogP contribution < -0.4 is 10.1 Å². The maximum atomic E-state index is 13.9. The summed E-state index contributed by atoms with van der Waals surface area (Å²) in [5.41, 5.74) is 2.61. The van der Waals surface area contributed by atoms with Crippen molar-refractivity contribution in [2.24, 2.45) is 0 Å². The van der Waals surface area contributed by atoms with Crippen molar-refractivity contribution in [3.8, 4) is 17.0 Å². The molecule has 5 rings (SSSR count). The highest BCUT2D eigenvalue weighted by atomic mass is 16.5. The molecule has 1 N–H and O–H groups in total. The van der Waals surface area contributed by atoms with Gasteiger partial charge < -0.3 is 19.5 Å². The van der Waals surface area contributed by atoms with Gasteiger partial charge in [0.2, 0.25) is 0 Å². The minimum absolute atomic E-state index is 0.0274. The fraction of sp³-hybridized carbons (Fsp3) is 0.429. The number of carbonyl (C=O) groups excluding carboxylic acids is 1. The van der Waals surface area contributed by atoms with Gasteiger partial charge in [-0.25, -0.2) is 4.98 Å². The average molecular weight is 459 g/mol. The highest BCUT2D eigenvalue weighted by Crippen LogP contribution is 2.34. The molecule has 2 aliphatic rings. The molecule has 1 saturated heterocycles. The third kappa shape index (κ3) is 5.02. The summed E-state index contributed by atoms with van der Waals surface area (Å²) in [4.78, 5) is 20.6. The summed E-state index contributed by atoms with van der Waals surface area (Å²) < 4.78 is 8.21. The Morgan fingerprint density at radius 1 is 1.00 bits per heavy atom. The molecule has 34 heavy (non-hydrogen) atoms. The molecule has 0 bridgehead atoms. The zero-order valence-corrected chi connectivity index (χ0v) is 19.7. The fourth-order valence-corrected chi connectivity index (χ4v) is 5.29. The molecule has 2 aromatic carbocycles. The molecule has 1 aromatic heterocycles. The SMILES string of the molecule is O=C(c1ncn(C2CCCCC2)c1-c1ccccc1)N1CCNC[C@H]1CCOc1ccccc1. The van der Waals surface area contributed by atoms with Gasteiger partial charge in [-0.1, -0.05) is 67.8 Å². The van der Waals surface area contributed by atoms with Crippen LogP contribution in [0.5, 0.6) is 5.75 Å². The largest absolute Gasteiger partial charge is 0.494 e. The van der Waals surface area contributed by atoms with Crippen LogP contribution in [0.25, 0.3) is 11.3 Å². The van der Waals surface area contributed by atoms with E-state index in [1.807, 2.05) is 59.8 Å². The number of carbonyl (C=O) groups is 1. The topological polar surface area (TPSA) is 59.4 Å². The fourth-order valence-electron chi connectivity index (χ4n) is 5.29.